The second kappa shape index (κ2) is 8.90. The van der Waals surface area contributed by atoms with Gasteiger partial charge in [0.15, 0.2) is 0 Å². The molecule has 10 nitrogen and oxygen atoms in total. The molecule has 1 atom stereocenters. The topological polar surface area (TPSA) is 141 Å². The first-order valence-corrected chi connectivity index (χ1v) is 9.62. The van der Waals surface area contributed by atoms with Crippen LogP contribution in [0.5, 0.6) is 5.75 Å². The SMILES string of the molecule is CCOC(=O)c1c(C)oc(NC(=O)C2CC(=O)N(c3ccc(OC)cc3)C2)c1C(N)=O. The predicted octanol–water partition coefficient (Wildman–Crippen LogP) is 1.86. The fraction of sp³-hybridized carbons (Fsp3) is 0.333. The highest BCUT2D eigenvalue weighted by atomic mass is 16.5. The fourth-order valence-electron chi connectivity index (χ4n) is 3.43. The number of benzene rings is 1. The quantitative estimate of drug-likeness (QED) is 0.640. The van der Waals surface area contributed by atoms with Crippen LogP contribution in [0.3, 0.4) is 0 Å². The van der Waals surface area contributed by atoms with E-state index in [4.69, 9.17) is 19.6 Å². The molecule has 31 heavy (non-hydrogen) atoms. The van der Waals surface area contributed by atoms with Crippen molar-refractivity contribution in [3.05, 3.63) is 41.2 Å². The molecular formula is C21H23N3O7. The average molecular weight is 429 g/mol. The molecule has 1 aromatic heterocycles. The number of ether oxygens (including phenoxy) is 2. The van der Waals surface area contributed by atoms with Gasteiger partial charge in [-0.1, -0.05) is 0 Å². The number of primary amides is 1. The van der Waals surface area contributed by atoms with Crippen molar-refractivity contribution in [3.8, 4) is 5.75 Å². The summed E-state index contributed by atoms with van der Waals surface area (Å²) in [4.78, 5) is 50.8. The third-order valence-electron chi connectivity index (χ3n) is 4.93. The Labute approximate surface area is 178 Å². The van der Waals surface area contributed by atoms with Gasteiger partial charge in [-0.25, -0.2) is 4.79 Å². The molecule has 2 aromatic rings. The Balaban J connectivity index is 1.79. The van der Waals surface area contributed by atoms with E-state index in [1.165, 1.54) is 11.8 Å². The first kappa shape index (κ1) is 21.9. The highest BCUT2D eigenvalue weighted by molar-refractivity contribution is 6.11. The molecule has 3 amide bonds. The maximum atomic E-state index is 12.8. The number of aryl methyl sites for hydroxylation is 1. The number of nitrogens with two attached hydrogens (primary N) is 1. The van der Waals surface area contributed by atoms with Gasteiger partial charge >= 0.3 is 5.97 Å². The van der Waals surface area contributed by atoms with E-state index in [1.54, 1.807) is 38.3 Å². The van der Waals surface area contributed by atoms with Crippen molar-refractivity contribution in [2.24, 2.45) is 11.7 Å². The zero-order valence-corrected chi connectivity index (χ0v) is 17.4. The predicted molar refractivity (Wildman–Crippen MR) is 110 cm³/mol. The van der Waals surface area contributed by atoms with E-state index < -0.39 is 23.7 Å². The monoisotopic (exact) mass is 429 g/mol. The molecule has 0 radical (unpaired) electrons. The number of carbonyl (C=O) groups is 4. The Kier molecular flexibility index (Phi) is 6.28. The molecule has 1 unspecified atom stereocenters. The molecule has 3 N–H and O–H groups in total. The van der Waals surface area contributed by atoms with E-state index in [9.17, 15) is 19.2 Å². The van der Waals surface area contributed by atoms with Crippen LogP contribution < -0.4 is 20.7 Å². The summed E-state index contributed by atoms with van der Waals surface area (Å²) in [5.74, 6) is -2.67. The Hall–Kier alpha value is -3.82. The molecular weight excluding hydrogens is 406 g/mol. The fourth-order valence-corrected chi connectivity index (χ4v) is 3.43. The van der Waals surface area contributed by atoms with Gasteiger partial charge in [0.05, 0.1) is 19.6 Å². The van der Waals surface area contributed by atoms with Gasteiger partial charge in [0, 0.05) is 18.7 Å². The van der Waals surface area contributed by atoms with Gasteiger partial charge in [0.25, 0.3) is 5.91 Å². The molecule has 1 aliphatic heterocycles. The molecule has 1 fully saturated rings. The molecule has 164 valence electrons. The van der Waals surface area contributed by atoms with E-state index in [1.807, 2.05) is 0 Å². The van der Waals surface area contributed by atoms with Crippen molar-refractivity contribution >= 4 is 35.3 Å². The second-order valence-corrected chi connectivity index (χ2v) is 6.91. The molecule has 3 rings (SSSR count). The maximum Gasteiger partial charge on any atom is 0.342 e. The van der Waals surface area contributed by atoms with Crippen molar-refractivity contribution in [2.75, 3.05) is 30.5 Å². The summed E-state index contributed by atoms with van der Waals surface area (Å²) in [5.41, 5.74) is 5.65. The lowest BCUT2D eigenvalue weighted by Crippen LogP contribution is -2.28. The lowest BCUT2D eigenvalue weighted by molar-refractivity contribution is -0.122. The molecule has 10 heteroatoms. The molecule has 0 aliphatic carbocycles. The molecule has 1 aromatic carbocycles. The van der Waals surface area contributed by atoms with Crippen LogP contribution in [0.15, 0.2) is 28.7 Å². The number of hydrogen-bond donors (Lipinski definition) is 2. The highest BCUT2D eigenvalue weighted by Gasteiger charge is 2.37. The van der Waals surface area contributed by atoms with E-state index >= 15 is 0 Å². The van der Waals surface area contributed by atoms with Gasteiger partial charge in [-0.2, -0.15) is 0 Å². The minimum absolute atomic E-state index is 0.0197. The van der Waals surface area contributed by atoms with Gasteiger partial charge in [-0.05, 0) is 38.1 Å². The van der Waals surface area contributed by atoms with Gasteiger partial charge < -0.3 is 24.5 Å². The Morgan fingerprint density at radius 3 is 2.48 bits per heavy atom. The van der Waals surface area contributed by atoms with E-state index in [-0.39, 0.29) is 48.3 Å². The Morgan fingerprint density at radius 1 is 1.23 bits per heavy atom. The zero-order chi connectivity index (χ0) is 22.7. The van der Waals surface area contributed by atoms with Crippen LogP contribution in [-0.4, -0.2) is 44.0 Å². The van der Waals surface area contributed by atoms with Crippen LogP contribution in [0.25, 0.3) is 0 Å². The zero-order valence-electron chi connectivity index (χ0n) is 17.4. The van der Waals surface area contributed by atoms with Crippen LogP contribution in [0.1, 0.15) is 39.8 Å². The molecule has 0 spiro atoms. The number of anilines is 2. The number of hydrogen-bond acceptors (Lipinski definition) is 7. The average Bonchev–Trinajstić information content (AvgIpc) is 3.28. The number of amides is 3. The molecule has 1 aliphatic rings. The number of nitrogens with zero attached hydrogens (tertiary/aromatic N) is 1. The summed E-state index contributed by atoms with van der Waals surface area (Å²) in [6.45, 7) is 3.31. The normalized spacial score (nSPS) is 15.6. The van der Waals surface area contributed by atoms with E-state index in [2.05, 4.69) is 5.32 Å². The Bertz CT molecular complexity index is 1030. The van der Waals surface area contributed by atoms with Crippen LogP contribution >= 0.6 is 0 Å². The number of esters is 1. The standard InChI is InChI=1S/C21H23N3O7/c1-4-30-21(28)16-11(2)31-20(17(16)18(22)26)23-19(27)12-9-15(25)24(10-12)13-5-7-14(29-3)8-6-13/h5-8,12H,4,9-10H2,1-3H3,(H2,22,26)(H,23,27). The number of nitrogens with one attached hydrogen (secondary N) is 1. The highest BCUT2D eigenvalue weighted by Crippen LogP contribution is 2.31. The summed E-state index contributed by atoms with van der Waals surface area (Å²) in [6, 6.07) is 6.89. The first-order chi connectivity index (χ1) is 14.8. The molecule has 0 bridgehead atoms. The van der Waals surface area contributed by atoms with Crippen molar-refractivity contribution in [1.29, 1.82) is 0 Å². The largest absolute Gasteiger partial charge is 0.497 e. The smallest absolute Gasteiger partial charge is 0.342 e. The summed E-state index contributed by atoms with van der Waals surface area (Å²) in [5, 5.41) is 2.49. The lowest BCUT2D eigenvalue weighted by atomic mass is 10.1. The van der Waals surface area contributed by atoms with Crippen molar-refractivity contribution in [3.63, 3.8) is 0 Å². The number of methoxy groups -OCH3 is 1. The molecule has 1 saturated heterocycles. The summed E-state index contributed by atoms with van der Waals surface area (Å²) < 4.78 is 15.5. The molecule has 0 saturated carbocycles. The summed E-state index contributed by atoms with van der Waals surface area (Å²) in [7, 11) is 1.54. The lowest BCUT2D eigenvalue weighted by Gasteiger charge is -2.17. The summed E-state index contributed by atoms with van der Waals surface area (Å²) in [6.07, 6.45) is -0.0197. The van der Waals surface area contributed by atoms with Crippen LogP contribution in [0.4, 0.5) is 11.6 Å². The van der Waals surface area contributed by atoms with Crippen LogP contribution in [0.2, 0.25) is 0 Å². The van der Waals surface area contributed by atoms with Crippen LogP contribution in [0, 0.1) is 12.8 Å². The van der Waals surface area contributed by atoms with Gasteiger partial charge in [0.2, 0.25) is 17.7 Å². The van der Waals surface area contributed by atoms with Crippen molar-refractivity contribution in [2.45, 2.75) is 20.3 Å². The minimum atomic E-state index is -0.947. The van der Waals surface area contributed by atoms with E-state index in [0.29, 0.717) is 11.4 Å². The maximum absolute atomic E-state index is 12.8. The van der Waals surface area contributed by atoms with Crippen molar-refractivity contribution < 1.29 is 33.1 Å². The summed E-state index contributed by atoms with van der Waals surface area (Å²) >= 11 is 0. The van der Waals surface area contributed by atoms with E-state index in [0.717, 1.165) is 0 Å². The Morgan fingerprint density at radius 2 is 1.90 bits per heavy atom. The number of furan rings is 1. The number of carbonyl (C=O) groups excluding carboxylic acids is 4. The molecule has 2 heterocycles. The first-order valence-electron chi connectivity index (χ1n) is 9.62. The van der Waals surface area contributed by atoms with Crippen LogP contribution in [-0.2, 0) is 14.3 Å². The number of rotatable bonds is 7. The second-order valence-electron chi connectivity index (χ2n) is 6.91. The third kappa shape index (κ3) is 4.37. The van der Waals surface area contributed by atoms with Crippen molar-refractivity contribution in [1.82, 2.24) is 0 Å². The van der Waals surface area contributed by atoms with Gasteiger partial charge in [-0.3, -0.25) is 19.7 Å². The van der Waals surface area contributed by atoms with Gasteiger partial charge in [-0.15, -0.1) is 0 Å². The third-order valence-corrected chi connectivity index (χ3v) is 4.93. The minimum Gasteiger partial charge on any atom is -0.497 e. The van der Waals surface area contributed by atoms with Gasteiger partial charge in [0.1, 0.15) is 22.6 Å².